The Labute approximate surface area is 133 Å². The van der Waals surface area contributed by atoms with Crippen molar-refractivity contribution in [1.29, 1.82) is 0 Å². The molecule has 0 fully saturated rings. The molecule has 0 spiro atoms. The van der Waals surface area contributed by atoms with Crippen LogP contribution in [0.3, 0.4) is 0 Å². The zero-order valence-corrected chi connectivity index (χ0v) is 13.1. The topological polar surface area (TPSA) is 43.3 Å². The first-order valence-electron chi connectivity index (χ1n) is 6.74. The van der Waals surface area contributed by atoms with Gasteiger partial charge >= 0.3 is 0 Å². The van der Waals surface area contributed by atoms with E-state index in [1.807, 2.05) is 24.3 Å². The number of halogens is 2. The highest BCUT2D eigenvalue weighted by Crippen LogP contribution is 2.31. The third-order valence-corrected chi connectivity index (χ3v) is 4.25. The number of nitrogens with zero attached hydrogens (tertiary/aromatic N) is 2. The van der Waals surface area contributed by atoms with E-state index in [-0.39, 0.29) is 0 Å². The average molecular weight is 320 g/mol. The van der Waals surface area contributed by atoms with E-state index in [1.165, 1.54) is 0 Å². The lowest BCUT2D eigenvalue weighted by Crippen LogP contribution is -2.07. The Morgan fingerprint density at radius 3 is 2.67 bits per heavy atom. The Bertz CT molecular complexity index is 809. The summed E-state index contributed by atoms with van der Waals surface area (Å²) >= 11 is 12.1. The fourth-order valence-electron chi connectivity index (χ4n) is 2.57. The molecule has 0 aliphatic heterocycles. The number of rotatable bonds is 3. The molecule has 0 bridgehead atoms. The van der Waals surface area contributed by atoms with E-state index in [2.05, 4.69) is 17.4 Å². The third-order valence-electron chi connectivity index (χ3n) is 3.51. The minimum Gasteiger partial charge on any atom is -0.330 e. The van der Waals surface area contributed by atoms with Crippen molar-refractivity contribution in [3.63, 3.8) is 0 Å². The minimum absolute atomic E-state index is 0.529. The molecule has 21 heavy (non-hydrogen) atoms. The van der Waals surface area contributed by atoms with Gasteiger partial charge in [-0.2, -0.15) is 0 Å². The molecule has 5 heteroatoms. The molecule has 0 saturated carbocycles. The van der Waals surface area contributed by atoms with E-state index >= 15 is 0 Å². The summed E-state index contributed by atoms with van der Waals surface area (Å²) in [6.07, 6.45) is 0.752. The quantitative estimate of drug-likeness (QED) is 0.789. The van der Waals surface area contributed by atoms with Gasteiger partial charge in [0, 0.05) is 17.7 Å². The molecule has 3 nitrogen and oxygen atoms in total. The number of imidazole rings is 1. The summed E-state index contributed by atoms with van der Waals surface area (Å²) in [5, 5.41) is 1.07. The first-order valence-corrected chi connectivity index (χ1v) is 7.50. The SMILES string of the molecule is Cc1cccc2nc(-c3ccc(Cl)c(Cl)c3)c(CCN)n12. The van der Waals surface area contributed by atoms with Gasteiger partial charge in [-0.05, 0) is 37.7 Å². The number of benzene rings is 1. The molecule has 3 rings (SSSR count). The van der Waals surface area contributed by atoms with Gasteiger partial charge in [-0.1, -0.05) is 35.3 Å². The van der Waals surface area contributed by atoms with Gasteiger partial charge in [0.15, 0.2) is 0 Å². The smallest absolute Gasteiger partial charge is 0.137 e. The summed E-state index contributed by atoms with van der Waals surface area (Å²) in [6, 6.07) is 11.6. The van der Waals surface area contributed by atoms with Gasteiger partial charge in [-0.3, -0.25) is 0 Å². The fraction of sp³-hybridized carbons (Fsp3) is 0.188. The third kappa shape index (κ3) is 2.53. The highest BCUT2D eigenvalue weighted by molar-refractivity contribution is 6.42. The summed E-state index contributed by atoms with van der Waals surface area (Å²) in [6.45, 7) is 2.63. The van der Waals surface area contributed by atoms with Crippen LogP contribution < -0.4 is 5.73 Å². The van der Waals surface area contributed by atoms with Gasteiger partial charge in [-0.15, -0.1) is 0 Å². The molecule has 2 heterocycles. The molecule has 3 aromatic rings. The zero-order valence-electron chi connectivity index (χ0n) is 11.6. The van der Waals surface area contributed by atoms with Gasteiger partial charge in [0.1, 0.15) is 5.65 Å². The lowest BCUT2D eigenvalue weighted by molar-refractivity contribution is 0.892. The van der Waals surface area contributed by atoms with Crippen LogP contribution in [-0.4, -0.2) is 15.9 Å². The van der Waals surface area contributed by atoms with E-state index in [4.69, 9.17) is 33.9 Å². The first-order chi connectivity index (χ1) is 10.1. The predicted octanol–water partition coefficient (Wildman–Crippen LogP) is 4.12. The predicted molar refractivity (Wildman–Crippen MR) is 88.1 cm³/mol. The molecule has 2 aromatic heterocycles. The molecule has 0 unspecified atom stereocenters. The van der Waals surface area contributed by atoms with Crippen LogP contribution in [0.15, 0.2) is 36.4 Å². The molecule has 108 valence electrons. The number of hydrogen-bond donors (Lipinski definition) is 1. The summed E-state index contributed by atoms with van der Waals surface area (Å²) in [7, 11) is 0. The van der Waals surface area contributed by atoms with Crippen LogP contribution in [0, 0.1) is 6.92 Å². The van der Waals surface area contributed by atoms with Crippen molar-refractivity contribution in [3.8, 4) is 11.3 Å². The second kappa shape index (κ2) is 5.68. The zero-order chi connectivity index (χ0) is 15.0. The van der Waals surface area contributed by atoms with Gasteiger partial charge < -0.3 is 10.1 Å². The molecule has 0 saturated heterocycles. The Balaban J connectivity index is 2.28. The monoisotopic (exact) mass is 319 g/mol. The lowest BCUT2D eigenvalue weighted by atomic mass is 10.1. The molecule has 0 aliphatic rings. The van der Waals surface area contributed by atoms with Crippen LogP contribution in [0.2, 0.25) is 10.0 Å². The van der Waals surface area contributed by atoms with E-state index in [0.29, 0.717) is 16.6 Å². The van der Waals surface area contributed by atoms with Crippen LogP contribution in [0.4, 0.5) is 0 Å². The molecule has 0 amide bonds. The van der Waals surface area contributed by atoms with Gasteiger partial charge in [0.25, 0.3) is 0 Å². The number of fused-ring (bicyclic) bond motifs is 1. The number of pyridine rings is 1. The number of nitrogens with two attached hydrogens (primary N) is 1. The fourth-order valence-corrected chi connectivity index (χ4v) is 2.87. The van der Waals surface area contributed by atoms with Crippen LogP contribution in [0.25, 0.3) is 16.9 Å². The molecule has 0 atom stereocenters. The summed E-state index contributed by atoms with van der Waals surface area (Å²) in [5.41, 5.74) is 10.8. The van der Waals surface area contributed by atoms with Gasteiger partial charge in [0.05, 0.1) is 21.4 Å². The van der Waals surface area contributed by atoms with Crippen molar-refractivity contribution >= 4 is 28.8 Å². The van der Waals surface area contributed by atoms with E-state index in [0.717, 1.165) is 34.7 Å². The minimum atomic E-state index is 0.529. The number of hydrogen-bond acceptors (Lipinski definition) is 2. The summed E-state index contributed by atoms with van der Waals surface area (Å²) in [5.74, 6) is 0. The molecular formula is C16H15Cl2N3. The maximum absolute atomic E-state index is 6.13. The molecule has 0 aliphatic carbocycles. The maximum atomic E-state index is 6.13. The lowest BCUT2D eigenvalue weighted by Gasteiger charge is -2.07. The summed E-state index contributed by atoms with van der Waals surface area (Å²) < 4.78 is 2.14. The normalized spacial score (nSPS) is 11.2. The van der Waals surface area contributed by atoms with Crippen molar-refractivity contribution in [2.75, 3.05) is 6.54 Å². The van der Waals surface area contributed by atoms with Crippen molar-refractivity contribution in [2.24, 2.45) is 5.73 Å². The molecule has 2 N–H and O–H groups in total. The Hall–Kier alpha value is -1.55. The first kappa shape index (κ1) is 14.4. The van der Waals surface area contributed by atoms with Crippen LogP contribution in [0.1, 0.15) is 11.4 Å². The highest BCUT2D eigenvalue weighted by atomic mass is 35.5. The van der Waals surface area contributed by atoms with E-state index in [1.54, 1.807) is 6.07 Å². The van der Waals surface area contributed by atoms with Gasteiger partial charge in [0.2, 0.25) is 0 Å². The van der Waals surface area contributed by atoms with E-state index < -0.39 is 0 Å². The summed E-state index contributed by atoms with van der Waals surface area (Å²) in [4.78, 5) is 4.74. The number of aryl methyl sites for hydroxylation is 1. The van der Waals surface area contributed by atoms with Gasteiger partial charge in [-0.25, -0.2) is 4.98 Å². The van der Waals surface area contributed by atoms with Crippen LogP contribution >= 0.6 is 23.2 Å². The highest BCUT2D eigenvalue weighted by Gasteiger charge is 2.15. The number of aromatic nitrogens is 2. The molecule has 0 radical (unpaired) electrons. The maximum Gasteiger partial charge on any atom is 0.137 e. The Kier molecular flexibility index (Phi) is 3.89. The van der Waals surface area contributed by atoms with E-state index in [9.17, 15) is 0 Å². The molecular weight excluding hydrogens is 305 g/mol. The molecule has 1 aromatic carbocycles. The standard InChI is InChI=1S/C16H15Cl2N3/c1-10-3-2-4-15-20-16(14(7-8-19)21(10)15)11-5-6-12(17)13(18)9-11/h2-6,9H,7-8,19H2,1H3. The van der Waals surface area contributed by atoms with Crippen molar-refractivity contribution < 1.29 is 0 Å². The Morgan fingerprint density at radius 1 is 1.14 bits per heavy atom. The van der Waals surface area contributed by atoms with Crippen LogP contribution in [-0.2, 0) is 6.42 Å². The van der Waals surface area contributed by atoms with Crippen molar-refractivity contribution in [1.82, 2.24) is 9.38 Å². The Morgan fingerprint density at radius 2 is 1.95 bits per heavy atom. The second-order valence-corrected chi connectivity index (χ2v) is 5.75. The van der Waals surface area contributed by atoms with Crippen molar-refractivity contribution in [2.45, 2.75) is 13.3 Å². The second-order valence-electron chi connectivity index (χ2n) is 4.94. The van der Waals surface area contributed by atoms with Crippen LogP contribution in [0.5, 0.6) is 0 Å². The van der Waals surface area contributed by atoms with Crippen molar-refractivity contribution in [3.05, 3.63) is 57.8 Å². The largest absolute Gasteiger partial charge is 0.330 e. The average Bonchev–Trinajstić information content (AvgIpc) is 2.83.